The number of nitrogens with one attached hydrogen (secondary N) is 1. The number of ketones is 1. The highest BCUT2D eigenvalue weighted by Gasteiger charge is 2.13. The molecular formula is C12H14N2O2. The number of ether oxygens (including phenoxy) is 1. The van der Waals surface area contributed by atoms with Crippen molar-refractivity contribution in [2.45, 2.75) is 13.8 Å². The molecule has 2 aromatic heterocycles. The summed E-state index contributed by atoms with van der Waals surface area (Å²) in [6.07, 6.45) is 1.70. The van der Waals surface area contributed by atoms with Crippen molar-refractivity contribution in [3.8, 4) is 5.88 Å². The molecule has 16 heavy (non-hydrogen) atoms. The lowest BCUT2D eigenvalue weighted by Crippen LogP contribution is -2.07. The van der Waals surface area contributed by atoms with Crippen LogP contribution in [0.15, 0.2) is 18.3 Å². The first-order valence-corrected chi connectivity index (χ1v) is 5.19. The fourth-order valence-electron chi connectivity index (χ4n) is 1.56. The van der Waals surface area contributed by atoms with Crippen LogP contribution in [-0.2, 0) is 0 Å². The van der Waals surface area contributed by atoms with Crippen LogP contribution in [0.25, 0.3) is 10.9 Å². The summed E-state index contributed by atoms with van der Waals surface area (Å²) in [5, 5.41) is 0.921. The van der Waals surface area contributed by atoms with Crippen LogP contribution >= 0.6 is 0 Å². The van der Waals surface area contributed by atoms with Gasteiger partial charge in [-0.2, -0.15) is 0 Å². The van der Waals surface area contributed by atoms with E-state index in [0.29, 0.717) is 11.6 Å². The van der Waals surface area contributed by atoms with E-state index in [2.05, 4.69) is 9.97 Å². The minimum absolute atomic E-state index is 0.0112. The monoisotopic (exact) mass is 218 g/mol. The summed E-state index contributed by atoms with van der Waals surface area (Å²) in [6.45, 7) is 3.76. The van der Waals surface area contributed by atoms with Gasteiger partial charge < -0.3 is 9.72 Å². The summed E-state index contributed by atoms with van der Waals surface area (Å²) in [6, 6.07) is 3.61. The Morgan fingerprint density at radius 3 is 2.81 bits per heavy atom. The third-order valence-corrected chi connectivity index (χ3v) is 2.48. The van der Waals surface area contributed by atoms with Crippen molar-refractivity contribution in [2.24, 2.45) is 5.92 Å². The maximum absolute atomic E-state index is 11.8. The van der Waals surface area contributed by atoms with Gasteiger partial charge in [0.25, 0.3) is 0 Å². The lowest BCUT2D eigenvalue weighted by atomic mass is 10.1. The van der Waals surface area contributed by atoms with Gasteiger partial charge in [0.15, 0.2) is 5.78 Å². The topological polar surface area (TPSA) is 55.0 Å². The first-order chi connectivity index (χ1) is 7.61. The van der Waals surface area contributed by atoms with E-state index in [-0.39, 0.29) is 11.7 Å². The van der Waals surface area contributed by atoms with E-state index in [4.69, 9.17) is 4.74 Å². The van der Waals surface area contributed by atoms with Gasteiger partial charge in [0, 0.05) is 23.6 Å². The Labute approximate surface area is 93.6 Å². The summed E-state index contributed by atoms with van der Waals surface area (Å²) in [4.78, 5) is 19.0. The average Bonchev–Trinajstić information content (AvgIpc) is 2.69. The zero-order valence-corrected chi connectivity index (χ0v) is 9.57. The third kappa shape index (κ3) is 1.78. The van der Waals surface area contributed by atoms with Crippen molar-refractivity contribution < 1.29 is 9.53 Å². The van der Waals surface area contributed by atoms with Crippen molar-refractivity contribution in [2.75, 3.05) is 7.11 Å². The van der Waals surface area contributed by atoms with Crippen LogP contribution in [0.4, 0.5) is 0 Å². The SMILES string of the molecule is COc1cc2[nH]c(C(=O)C(C)C)cc2cn1. The minimum atomic E-state index is -0.0112. The fourth-order valence-corrected chi connectivity index (χ4v) is 1.56. The highest BCUT2D eigenvalue weighted by molar-refractivity contribution is 6.00. The summed E-state index contributed by atoms with van der Waals surface area (Å²) in [7, 11) is 1.57. The van der Waals surface area contributed by atoms with Gasteiger partial charge in [-0.15, -0.1) is 0 Å². The molecule has 0 radical (unpaired) electrons. The zero-order valence-electron chi connectivity index (χ0n) is 9.57. The van der Waals surface area contributed by atoms with Gasteiger partial charge in [-0.1, -0.05) is 13.8 Å². The molecule has 0 aromatic carbocycles. The van der Waals surface area contributed by atoms with E-state index in [1.807, 2.05) is 19.9 Å². The molecule has 0 spiro atoms. The van der Waals surface area contributed by atoms with Gasteiger partial charge >= 0.3 is 0 Å². The molecule has 0 atom stereocenters. The molecule has 2 heterocycles. The molecule has 0 aliphatic heterocycles. The molecule has 0 saturated carbocycles. The van der Waals surface area contributed by atoms with Gasteiger partial charge in [-0.05, 0) is 6.07 Å². The lowest BCUT2D eigenvalue weighted by molar-refractivity contribution is 0.0935. The number of carbonyl (C=O) groups is 1. The number of hydrogen-bond donors (Lipinski definition) is 1. The first-order valence-electron chi connectivity index (χ1n) is 5.19. The van der Waals surface area contributed by atoms with Crippen LogP contribution in [0.5, 0.6) is 5.88 Å². The summed E-state index contributed by atoms with van der Waals surface area (Å²) in [5.41, 5.74) is 1.50. The van der Waals surface area contributed by atoms with Crippen LogP contribution in [0, 0.1) is 5.92 Å². The molecule has 84 valence electrons. The molecule has 0 aliphatic rings. The Balaban J connectivity index is 2.47. The second-order valence-electron chi connectivity index (χ2n) is 4.02. The van der Waals surface area contributed by atoms with Crippen molar-refractivity contribution >= 4 is 16.7 Å². The fraction of sp³-hybridized carbons (Fsp3) is 0.333. The standard InChI is InChI=1S/C12H14N2O2/c1-7(2)12(15)10-4-8-6-13-11(16-3)5-9(8)14-10/h4-7,14H,1-3H3. The maximum atomic E-state index is 11.8. The second-order valence-corrected chi connectivity index (χ2v) is 4.02. The number of pyridine rings is 1. The van der Waals surface area contributed by atoms with E-state index in [0.717, 1.165) is 10.9 Å². The number of aromatic amines is 1. The molecular weight excluding hydrogens is 204 g/mol. The van der Waals surface area contributed by atoms with Crippen LogP contribution in [0.1, 0.15) is 24.3 Å². The van der Waals surface area contributed by atoms with Crippen LogP contribution in [0.3, 0.4) is 0 Å². The predicted octanol–water partition coefficient (Wildman–Crippen LogP) is 2.41. The van der Waals surface area contributed by atoms with Gasteiger partial charge in [0.2, 0.25) is 5.88 Å². The number of Topliss-reactive ketones (excluding diaryl/α,β-unsaturated/α-hetero) is 1. The van der Waals surface area contributed by atoms with Crippen molar-refractivity contribution in [1.29, 1.82) is 0 Å². The molecule has 0 saturated heterocycles. The van der Waals surface area contributed by atoms with E-state index in [1.165, 1.54) is 0 Å². The number of hydrogen-bond acceptors (Lipinski definition) is 3. The number of nitrogens with zero attached hydrogens (tertiary/aromatic N) is 1. The van der Waals surface area contributed by atoms with E-state index < -0.39 is 0 Å². The molecule has 0 aliphatic carbocycles. The number of aromatic nitrogens is 2. The molecule has 0 amide bonds. The molecule has 2 rings (SSSR count). The Kier molecular flexibility index (Phi) is 2.64. The lowest BCUT2D eigenvalue weighted by Gasteiger charge is -1.99. The summed E-state index contributed by atoms with van der Waals surface area (Å²) >= 11 is 0. The van der Waals surface area contributed by atoms with Crippen LogP contribution < -0.4 is 4.74 Å². The van der Waals surface area contributed by atoms with Gasteiger partial charge in [-0.3, -0.25) is 4.79 Å². The largest absolute Gasteiger partial charge is 0.481 e. The normalized spacial score (nSPS) is 11.0. The van der Waals surface area contributed by atoms with Crippen molar-refractivity contribution in [3.05, 3.63) is 24.0 Å². The van der Waals surface area contributed by atoms with E-state index >= 15 is 0 Å². The third-order valence-electron chi connectivity index (χ3n) is 2.48. The zero-order chi connectivity index (χ0) is 11.7. The molecule has 1 N–H and O–H groups in total. The van der Waals surface area contributed by atoms with Gasteiger partial charge in [-0.25, -0.2) is 4.98 Å². The Bertz CT molecular complexity index is 529. The smallest absolute Gasteiger partial charge is 0.215 e. The summed E-state index contributed by atoms with van der Waals surface area (Å²) < 4.78 is 5.02. The molecule has 4 nitrogen and oxygen atoms in total. The Morgan fingerprint density at radius 1 is 1.44 bits per heavy atom. The van der Waals surface area contributed by atoms with Crippen molar-refractivity contribution in [3.63, 3.8) is 0 Å². The van der Waals surface area contributed by atoms with Crippen LogP contribution in [0.2, 0.25) is 0 Å². The molecule has 4 heteroatoms. The average molecular weight is 218 g/mol. The second kappa shape index (κ2) is 3.96. The van der Waals surface area contributed by atoms with Crippen LogP contribution in [-0.4, -0.2) is 22.9 Å². The predicted molar refractivity (Wildman–Crippen MR) is 61.8 cm³/mol. The number of rotatable bonds is 3. The first kappa shape index (κ1) is 10.7. The quantitative estimate of drug-likeness (QED) is 0.805. The molecule has 0 bridgehead atoms. The van der Waals surface area contributed by atoms with Gasteiger partial charge in [0.1, 0.15) is 0 Å². The highest BCUT2D eigenvalue weighted by atomic mass is 16.5. The molecule has 0 fully saturated rings. The van der Waals surface area contributed by atoms with E-state index in [9.17, 15) is 4.79 Å². The number of carbonyl (C=O) groups excluding carboxylic acids is 1. The Morgan fingerprint density at radius 2 is 2.19 bits per heavy atom. The number of H-pyrrole nitrogens is 1. The number of fused-ring (bicyclic) bond motifs is 1. The highest BCUT2D eigenvalue weighted by Crippen LogP contribution is 2.20. The van der Waals surface area contributed by atoms with Crippen molar-refractivity contribution in [1.82, 2.24) is 9.97 Å². The summed E-state index contributed by atoms with van der Waals surface area (Å²) in [5.74, 6) is 0.635. The maximum Gasteiger partial charge on any atom is 0.215 e. The minimum Gasteiger partial charge on any atom is -0.481 e. The van der Waals surface area contributed by atoms with Gasteiger partial charge in [0.05, 0.1) is 18.3 Å². The Hall–Kier alpha value is -1.84. The van der Waals surface area contributed by atoms with E-state index in [1.54, 1.807) is 19.4 Å². The number of methoxy groups -OCH3 is 1. The molecule has 2 aromatic rings. The molecule has 0 unspecified atom stereocenters.